The Morgan fingerprint density at radius 2 is 1.85 bits per heavy atom. The van der Waals surface area contributed by atoms with E-state index in [0.717, 1.165) is 47.3 Å². The van der Waals surface area contributed by atoms with Crippen LogP contribution in [0.3, 0.4) is 0 Å². The summed E-state index contributed by atoms with van der Waals surface area (Å²) in [5.41, 5.74) is 2.16. The Morgan fingerprint density at radius 3 is 2.62 bits per heavy atom. The Kier molecular flexibility index (Phi) is 13.4. The van der Waals surface area contributed by atoms with Crippen LogP contribution >= 0.6 is 11.3 Å². The number of carbonyl (C=O) groups is 5. The van der Waals surface area contributed by atoms with Gasteiger partial charge in [-0.1, -0.05) is 47.7 Å². The van der Waals surface area contributed by atoms with Crippen LogP contribution in [-0.2, 0) is 43.3 Å². The molecule has 0 saturated carbocycles. The summed E-state index contributed by atoms with van der Waals surface area (Å²) in [5.74, 6) is -0.956. The molecule has 3 atom stereocenters. The minimum Gasteiger partial charge on any atom is -0.494 e. The van der Waals surface area contributed by atoms with E-state index in [4.69, 9.17) is 9.47 Å². The van der Waals surface area contributed by atoms with Gasteiger partial charge in [-0.25, -0.2) is 4.79 Å². The number of piperidine rings is 1. The van der Waals surface area contributed by atoms with E-state index >= 15 is 0 Å². The summed E-state index contributed by atoms with van der Waals surface area (Å²) in [6.07, 6.45) is 2.04. The number of rotatable bonds is 7. The van der Waals surface area contributed by atoms with Crippen molar-refractivity contribution < 1.29 is 33.4 Å². The number of fused-ring (bicyclic) bond motifs is 4. The summed E-state index contributed by atoms with van der Waals surface area (Å²) in [6.45, 7) is 8.92. The monoisotopic (exact) mass is 747 g/mol. The third kappa shape index (κ3) is 12.3. The first-order valence-electron chi connectivity index (χ1n) is 18.0. The second-order valence-electron chi connectivity index (χ2n) is 14.5. The van der Waals surface area contributed by atoms with Crippen LogP contribution in [-0.4, -0.2) is 82.2 Å². The van der Waals surface area contributed by atoms with Crippen molar-refractivity contribution in [2.45, 2.75) is 96.9 Å². The lowest BCUT2D eigenvalue weighted by molar-refractivity contribution is -0.138. The molecule has 4 bridgehead atoms. The summed E-state index contributed by atoms with van der Waals surface area (Å²) < 4.78 is 11.4. The molecule has 14 nitrogen and oxygen atoms in total. The second-order valence-corrected chi connectivity index (χ2v) is 15.6. The summed E-state index contributed by atoms with van der Waals surface area (Å²) in [7, 11) is 0. The molecule has 0 aliphatic carbocycles. The zero-order valence-corrected chi connectivity index (χ0v) is 31.6. The molecule has 0 radical (unpaired) electrons. The highest BCUT2D eigenvalue weighted by atomic mass is 32.1. The van der Waals surface area contributed by atoms with Crippen LogP contribution in [0.15, 0.2) is 48.5 Å². The SMILES string of the molecule is Cc1ccc2cc1CNC(=O)[C@H](CCc1ccccc1)NC(=O)[C@@H](NC(=O)Cc1nnc(NC(=O)OC(C)(C)C)s1)CC(=O)N1CCCC(CCO2)C1. The highest BCUT2D eigenvalue weighted by molar-refractivity contribution is 7.15. The number of nitrogens with zero attached hydrogens (tertiary/aromatic N) is 3. The van der Waals surface area contributed by atoms with Crippen molar-refractivity contribution in [1.82, 2.24) is 31.0 Å². The van der Waals surface area contributed by atoms with Crippen LogP contribution < -0.4 is 26.0 Å². The molecule has 1 aromatic heterocycles. The number of nitrogens with one attached hydrogen (secondary N) is 4. The Morgan fingerprint density at radius 1 is 1.06 bits per heavy atom. The van der Waals surface area contributed by atoms with Crippen molar-refractivity contribution >= 4 is 46.2 Å². The maximum absolute atomic E-state index is 14.0. The molecule has 2 aromatic carbocycles. The van der Waals surface area contributed by atoms with Crippen molar-refractivity contribution in [2.24, 2.45) is 5.92 Å². The fraction of sp³-hybridized carbons (Fsp3) is 0.500. The Labute approximate surface area is 313 Å². The lowest BCUT2D eigenvalue weighted by atomic mass is 9.94. The van der Waals surface area contributed by atoms with Gasteiger partial charge in [0.2, 0.25) is 28.8 Å². The topological polar surface area (TPSA) is 181 Å². The lowest BCUT2D eigenvalue weighted by Gasteiger charge is -2.34. The number of hydrogen-bond donors (Lipinski definition) is 4. The van der Waals surface area contributed by atoms with E-state index in [1.54, 1.807) is 25.7 Å². The molecular weight excluding hydrogens is 699 g/mol. The van der Waals surface area contributed by atoms with Gasteiger partial charge >= 0.3 is 6.09 Å². The number of carbonyl (C=O) groups excluding carboxylic acids is 5. The third-order valence-corrected chi connectivity index (χ3v) is 9.89. The maximum Gasteiger partial charge on any atom is 0.414 e. The summed E-state index contributed by atoms with van der Waals surface area (Å²) in [5, 5.41) is 19.4. The van der Waals surface area contributed by atoms with E-state index in [1.807, 2.05) is 55.5 Å². The fourth-order valence-corrected chi connectivity index (χ4v) is 6.99. The summed E-state index contributed by atoms with van der Waals surface area (Å²) in [6, 6.07) is 13.2. The standard InChI is InChI=1S/C38H49N7O7S/c1-24-12-14-28-19-27(24)22-39-34(48)29(15-13-25-9-6-5-7-10-25)41-35(49)30(20-33(47)45-17-8-11-26(23-45)16-18-51-28)40-31(46)21-32-43-44-36(53-32)42-37(50)52-38(2,3)4/h5-7,9-10,12,14,19,26,29-30H,8,11,13,15-18,20-23H2,1-4H3,(H,39,48)(H,40,46)(H,41,49)(H,42,44,50)/t26?,29-,30-/m0/s1. The van der Waals surface area contributed by atoms with E-state index in [9.17, 15) is 24.0 Å². The first-order valence-corrected chi connectivity index (χ1v) is 18.9. The minimum absolute atomic E-state index is 0.144. The van der Waals surface area contributed by atoms with E-state index in [0.29, 0.717) is 31.9 Å². The number of anilines is 1. The van der Waals surface area contributed by atoms with Crippen molar-refractivity contribution in [3.63, 3.8) is 0 Å². The molecule has 1 saturated heterocycles. The van der Waals surface area contributed by atoms with Gasteiger partial charge < -0.3 is 30.3 Å². The average Bonchev–Trinajstić information content (AvgIpc) is 3.54. The van der Waals surface area contributed by atoms with Crippen molar-refractivity contribution in [1.29, 1.82) is 0 Å². The predicted molar refractivity (Wildman–Crippen MR) is 199 cm³/mol. The van der Waals surface area contributed by atoms with Crippen LogP contribution in [0.25, 0.3) is 0 Å². The van der Waals surface area contributed by atoms with E-state index in [1.165, 1.54) is 0 Å². The van der Waals surface area contributed by atoms with Crippen LogP contribution in [0.2, 0.25) is 0 Å². The van der Waals surface area contributed by atoms with Gasteiger partial charge in [0.15, 0.2) is 0 Å². The quantitative estimate of drug-likeness (QED) is 0.277. The lowest BCUT2D eigenvalue weighted by Crippen LogP contribution is -2.55. The average molecular weight is 748 g/mol. The first kappa shape index (κ1) is 39.2. The molecule has 2 aliphatic rings. The van der Waals surface area contributed by atoms with Gasteiger partial charge in [0.05, 0.1) is 19.4 Å². The van der Waals surface area contributed by atoms with Crippen LogP contribution in [0.1, 0.15) is 74.6 Å². The van der Waals surface area contributed by atoms with Gasteiger partial charge in [0.1, 0.15) is 28.4 Å². The van der Waals surface area contributed by atoms with Crippen LogP contribution in [0, 0.1) is 12.8 Å². The predicted octanol–water partition coefficient (Wildman–Crippen LogP) is 4.07. The van der Waals surface area contributed by atoms with Crippen molar-refractivity contribution in [3.8, 4) is 5.75 Å². The highest BCUT2D eigenvalue weighted by Gasteiger charge is 2.32. The number of benzene rings is 2. The van der Waals surface area contributed by atoms with Crippen molar-refractivity contribution in [3.05, 3.63) is 70.2 Å². The summed E-state index contributed by atoms with van der Waals surface area (Å²) in [4.78, 5) is 68.8. The van der Waals surface area contributed by atoms with Gasteiger partial charge in [0, 0.05) is 19.6 Å². The molecule has 0 spiro atoms. The fourth-order valence-electron chi connectivity index (χ4n) is 6.26. The largest absolute Gasteiger partial charge is 0.494 e. The van der Waals surface area contributed by atoms with E-state index < -0.39 is 41.5 Å². The van der Waals surface area contributed by atoms with Crippen LogP contribution in [0.4, 0.5) is 9.93 Å². The third-order valence-electron chi connectivity index (χ3n) is 9.05. The molecule has 1 unspecified atom stereocenters. The number of hydrogen-bond acceptors (Lipinski definition) is 10. The first-order chi connectivity index (χ1) is 25.3. The van der Waals surface area contributed by atoms with Gasteiger partial charge in [-0.05, 0) is 94.5 Å². The van der Waals surface area contributed by atoms with Gasteiger partial charge in [-0.15, -0.1) is 10.2 Å². The smallest absolute Gasteiger partial charge is 0.414 e. The zero-order chi connectivity index (χ0) is 38.0. The summed E-state index contributed by atoms with van der Waals surface area (Å²) >= 11 is 0.986. The maximum atomic E-state index is 14.0. The van der Waals surface area contributed by atoms with Crippen LogP contribution in [0.5, 0.6) is 5.75 Å². The number of ether oxygens (including phenoxy) is 2. The van der Waals surface area contributed by atoms with Gasteiger partial charge in [-0.3, -0.25) is 24.5 Å². The molecule has 3 aromatic rings. The molecule has 5 rings (SSSR count). The molecule has 1 fully saturated rings. The zero-order valence-electron chi connectivity index (χ0n) is 30.7. The molecule has 2 aliphatic heterocycles. The molecule has 53 heavy (non-hydrogen) atoms. The minimum atomic E-state index is -1.27. The number of aryl methyl sites for hydroxylation is 2. The van der Waals surface area contributed by atoms with Gasteiger partial charge in [0.25, 0.3) is 0 Å². The molecule has 5 amide bonds. The van der Waals surface area contributed by atoms with E-state index in [-0.39, 0.29) is 47.8 Å². The molecule has 4 N–H and O–H groups in total. The highest BCUT2D eigenvalue weighted by Crippen LogP contribution is 2.23. The van der Waals surface area contributed by atoms with Gasteiger partial charge in [-0.2, -0.15) is 0 Å². The molecule has 284 valence electrons. The Hall–Kier alpha value is -5.05. The van der Waals surface area contributed by atoms with E-state index in [2.05, 4.69) is 31.5 Å². The molecule has 15 heteroatoms. The Bertz CT molecular complexity index is 1760. The number of amides is 5. The Balaban J connectivity index is 1.35. The number of aromatic nitrogens is 2. The molecule has 3 heterocycles. The normalized spacial score (nSPS) is 20.2. The second kappa shape index (κ2) is 18.1. The van der Waals surface area contributed by atoms with Crippen molar-refractivity contribution in [2.75, 3.05) is 25.0 Å². The molecular formula is C38H49N7O7S.